The highest BCUT2D eigenvalue weighted by Gasteiger charge is 2.49. The van der Waals surface area contributed by atoms with Crippen LogP contribution in [0.25, 0.3) is 10.9 Å². The third kappa shape index (κ3) is 23.6. The maximum Gasteiger partial charge on any atom is 0.246 e. The van der Waals surface area contributed by atoms with Crippen molar-refractivity contribution in [2.24, 2.45) is 5.92 Å². The van der Waals surface area contributed by atoms with Gasteiger partial charge >= 0.3 is 0 Å². The van der Waals surface area contributed by atoms with Gasteiger partial charge in [-0.05, 0) is 181 Å². The van der Waals surface area contributed by atoms with Gasteiger partial charge in [-0.2, -0.15) is 0 Å². The van der Waals surface area contributed by atoms with Crippen LogP contribution in [0.4, 0.5) is 4.39 Å². The Balaban J connectivity index is 1.07. The average molecular weight is 1560 g/mol. The first kappa shape index (κ1) is 85.5. The lowest BCUT2D eigenvalue weighted by Gasteiger charge is -2.37. The summed E-state index contributed by atoms with van der Waals surface area (Å²) in [5, 5.41) is 28.8. The Kier molecular flexibility index (Phi) is 30.0. The summed E-state index contributed by atoms with van der Waals surface area (Å²) in [5.74, 6) is -8.71. The maximum absolute atomic E-state index is 16.3. The fourth-order valence-electron chi connectivity index (χ4n) is 16.0. The second kappa shape index (κ2) is 39.7. The monoisotopic (exact) mass is 1560 g/mol. The van der Waals surface area contributed by atoms with Crippen LogP contribution in [0.5, 0.6) is 11.5 Å². The van der Waals surface area contributed by atoms with Gasteiger partial charge < -0.3 is 75.0 Å². The van der Waals surface area contributed by atoms with Crippen LogP contribution in [0.1, 0.15) is 158 Å². The molecule has 4 aromatic carbocycles. The summed E-state index contributed by atoms with van der Waals surface area (Å²) in [7, 11) is 7.75. The molecule has 6 aliphatic rings. The van der Waals surface area contributed by atoms with E-state index in [9.17, 15) is 33.9 Å². The van der Waals surface area contributed by atoms with Crippen LogP contribution in [-0.2, 0) is 101 Å². The first-order valence-corrected chi connectivity index (χ1v) is 40.1. The number of ketones is 3. The van der Waals surface area contributed by atoms with E-state index in [1.807, 2.05) is 16.7 Å². The number of amides is 9. The summed E-state index contributed by atoms with van der Waals surface area (Å²) in [5.41, 5.74) is 2.32. The van der Waals surface area contributed by atoms with Crippen molar-refractivity contribution >= 4 is 81.4 Å². The third-order valence-electron chi connectivity index (χ3n) is 22.5. The van der Waals surface area contributed by atoms with E-state index < -0.39 is 132 Å². The second-order valence-corrected chi connectivity index (χ2v) is 32.2. The van der Waals surface area contributed by atoms with E-state index in [0.717, 1.165) is 29.4 Å². The number of halogens is 1. The number of quaternary nitrogens is 1. The molecule has 27 nitrogen and oxygen atoms in total. The molecule has 113 heavy (non-hydrogen) atoms. The predicted octanol–water partition coefficient (Wildman–Crippen LogP) is 5.61. The largest absolute Gasteiger partial charge is 0.497 e. The van der Waals surface area contributed by atoms with Crippen LogP contribution in [0.15, 0.2) is 97.2 Å². The number of carbonyl (C=O) groups is 12. The number of ether oxygens (including phenoxy) is 3. The summed E-state index contributed by atoms with van der Waals surface area (Å²) >= 11 is 0. The van der Waals surface area contributed by atoms with Crippen LogP contribution in [0.3, 0.4) is 0 Å². The molecule has 0 unspecified atom stereocenters. The first-order chi connectivity index (χ1) is 54.0. The van der Waals surface area contributed by atoms with Crippen LogP contribution >= 0.6 is 0 Å². The van der Waals surface area contributed by atoms with Crippen molar-refractivity contribution in [1.29, 1.82) is 0 Å². The van der Waals surface area contributed by atoms with Gasteiger partial charge in [0.1, 0.15) is 66.5 Å². The zero-order valence-corrected chi connectivity index (χ0v) is 66.3. The molecule has 0 radical (unpaired) electrons. The Labute approximate surface area is 660 Å². The molecule has 9 amide bonds. The summed E-state index contributed by atoms with van der Waals surface area (Å²) in [6, 6.07) is 16.2. The molecule has 0 saturated carbocycles. The molecule has 2 fully saturated rings. The number of methoxy groups -OCH3 is 1. The van der Waals surface area contributed by atoms with Crippen molar-refractivity contribution in [1.82, 2.24) is 51.2 Å². The lowest BCUT2D eigenvalue weighted by atomic mass is 9.88. The highest BCUT2D eigenvalue weighted by atomic mass is 19.1. The number of carbonyl (C=O) groups excluding carboxylic acids is 12. The molecule has 5 aromatic rings. The number of nitrogens with zero attached hydrogens (tertiary/aromatic N) is 5. The molecular weight excluding hydrogens is 1450 g/mol. The van der Waals surface area contributed by atoms with Gasteiger partial charge in [0.25, 0.3) is 0 Å². The molecule has 12 bridgehead atoms. The first-order valence-electron chi connectivity index (χ1n) is 40.1. The van der Waals surface area contributed by atoms with Gasteiger partial charge in [-0.25, -0.2) is 4.39 Å². The molecule has 0 aliphatic carbocycles. The van der Waals surface area contributed by atoms with Crippen molar-refractivity contribution in [3.63, 3.8) is 0 Å². The molecule has 28 heteroatoms. The molecule has 7 heterocycles. The number of aryl methyl sites for hydroxylation is 2. The van der Waals surface area contributed by atoms with Crippen LogP contribution < -0.4 is 41.4 Å². The lowest BCUT2D eigenvalue weighted by Crippen LogP contribution is -2.62. The SMILES string of the molecule is COc1ccc(C[C@@H]2NC(=O)[C@H]([C@@H](C)O)NC(=O)[C@@H]3[C@@H]4CCN3C(=O)[C@H]3CC(=O)[C@H](Cc5cccc(c5)CNC(=O)CO4)NC(=O)[C@@H](CCC(=O)CCCCC[N+](C)(C)C)NC(=O)[C@H](C)NC(=O)CCC(=O)N(CCCCCn4cc(c5cc(F)ccc54)C3)CCOc3ccc(cc3)CCCC(=O)[C@]3(C)CCCN3C2=O)cc1. The smallest absolute Gasteiger partial charge is 0.246 e. The summed E-state index contributed by atoms with van der Waals surface area (Å²) in [6.45, 7) is 5.44. The molecule has 6 aliphatic heterocycles. The molecule has 1 aromatic heterocycles. The van der Waals surface area contributed by atoms with Crippen molar-refractivity contribution in [2.45, 2.75) is 223 Å². The minimum atomic E-state index is -1.83. The minimum absolute atomic E-state index is 0.0525. The Hall–Kier alpha value is -9.93. The van der Waals surface area contributed by atoms with E-state index >= 15 is 33.2 Å². The zero-order valence-electron chi connectivity index (χ0n) is 66.3. The fraction of sp³-hybridized carbons (Fsp3) is 0.553. The average Bonchev–Trinajstić information content (AvgIpc) is 1.69. The highest BCUT2D eigenvalue weighted by Crippen LogP contribution is 2.35. The van der Waals surface area contributed by atoms with Gasteiger partial charge in [0, 0.05) is 101 Å². The number of fused-ring (bicyclic) bond motifs is 18. The number of unbranched alkanes of at least 4 members (excludes halogenated alkanes) is 2. The molecule has 2 saturated heterocycles. The third-order valence-corrected chi connectivity index (χ3v) is 22.5. The molecule has 610 valence electrons. The predicted molar refractivity (Wildman–Crippen MR) is 419 cm³/mol. The van der Waals surface area contributed by atoms with Gasteiger partial charge in [-0.3, -0.25) is 57.5 Å². The quantitative estimate of drug-likeness (QED) is 0.0557. The number of aromatic nitrogens is 1. The normalized spacial score (nSPS) is 25.0. The summed E-state index contributed by atoms with van der Waals surface area (Å²) in [6.07, 6.45) is 2.55. The number of hydrogen-bond donors (Lipinski definition) is 7. The molecule has 10 atom stereocenters. The Morgan fingerprint density at radius 3 is 2.19 bits per heavy atom. The van der Waals surface area contributed by atoms with E-state index in [1.54, 1.807) is 84.8 Å². The van der Waals surface area contributed by atoms with E-state index in [-0.39, 0.29) is 121 Å². The summed E-state index contributed by atoms with van der Waals surface area (Å²) < 4.78 is 36.5. The van der Waals surface area contributed by atoms with Crippen LogP contribution in [-0.4, -0.2) is 228 Å². The Morgan fingerprint density at radius 1 is 0.690 bits per heavy atom. The molecule has 11 rings (SSSR count). The molecule has 7 N–H and O–H groups in total. The number of rotatable bonds is 13. The Morgan fingerprint density at radius 2 is 1.44 bits per heavy atom. The fourth-order valence-corrected chi connectivity index (χ4v) is 16.0. The van der Waals surface area contributed by atoms with Crippen molar-refractivity contribution in [2.75, 3.05) is 74.2 Å². The number of aliphatic hydroxyl groups excluding tert-OH is 1. The van der Waals surface area contributed by atoms with E-state index in [4.69, 9.17) is 14.2 Å². The maximum atomic E-state index is 16.3. The number of Topliss-reactive ketones (excluding diaryl/α,β-unsaturated/α-hetero) is 3. The van der Waals surface area contributed by atoms with Gasteiger partial charge in [-0.15, -0.1) is 0 Å². The second-order valence-electron chi connectivity index (χ2n) is 32.2. The summed E-state index contributed by atoms with van der Waals surface area (Å²) in [4.78, 5) is 183. The number of nitrogens with one attached hydrogen (secondary N) is 6. The highest BCUT2D eigenvalue weighted by molar-refractivity contribution is 6.00. The topological polar surface area (TPSA) is 340 Å². The van der Waals surface area contributed by atoms with Gasteiger partial charge in [0.05, 0.1) is 65.1 Å². The number of hydrogen-bond acceptors (Lipinski definition) is 16. The van der Waals surface area contributed by atoms with E-state index in [2.05, 4.69) is 53.0 Å². The van der Waals surface area contributed by atoms with Crippen molar-refractivity contribution in [3.8, 4) is 11.5 Å². The van der Waals surface area contributed by atoms with Crippen molar-refractivity contribution < 1.29 is 85.7 Å². The lowest BCUT2D eigenvalue weighted by molar-refractivity contribution is -0.870. The van der Waals surface area contributed by atoms with Crippen molar-refractivity contribution in [3.05, 3.63) is 131 Å². The van der Waals surface area contributed by atoms with E-state index in [0.29, 0.717) is 103 Å². The Bertz CT molecular complexity index is 4240. The van der Waals surface area contributed by atoms with E-state index in [1.165, 1.54) is 42.9 Å². The van der Waals surface area contributed by atoms with Gasteiger partial charge in [0.2, 0.25) is 53.2 Å². The van der Waals surface area contributed by atoms with Crippen LogP contribution in [0, 0.1) is 11.7 Å². The molecule has 0 spiro atoms. The van der Waals surface area contributed by atoms with Gasteiger partial charge in [0.15, 0.2) is 11.6 Å². The van der Waals surface area contributed by atoms with Crippen LogP contribution in [0.2, 0.25) is 0 Å². The minimum Gasteiger partial charge on any atom is -0.497 e. The zero-order chi connectivity index (χ0) is 81.1. The van der Waals surface area contributed by atoms with Gasteiger partial charge in [-0.1, -0.05) is 48.5 Å². The number of benzene rings is 4. The standard InChI is InChI=1S/C85H112FN11O16/c1-54-79(105)89-67(32-27-63(99)20-10-8-13-43-97(4,5)6)80(106)90-68-47-58-18-14-19-59(45-58)51-87-75(103)53-113-72-36-41-95-78(72)82(108)92-77(55(2)98)81(107)91-69(46-57-24-28-64(111-7)29-25-57)84(110)96-40-16-37-85(96,3)73(101)21-15-17-56-22-30-65(31-23-56)112-44-42-93(76(104)35-34-74(102)88-54)38-11-9-12-39-94-52-61(48-60(83(95)109)49-71(68)100)66-50-62(86)26-33-70(66)94/h14,18-19,22-26,28-31,33,45,50,52,54-55,60,67-69,72,77-78,98H,8-13,15-17,20-21,27,32,34-44,46-49,51,53H2,1-7H3,(H5-,87,88,89,90,91,92,102,103,105,106,107,108)/p+1/t54-,55+,60+,67+,68-,69-,72-,77-,78-,85-/m0/s1. The molecular formula is C85H113FN11O16+. The number of aliphatic hydroxyl groups is 1.